The van der Waals surface area contributed by atoms with E-state index in [0.29, 0.717) is 23.8 Å². The number of hydrogen-bond acceptors (Lipinski definition) is 4. The van der Waals surface area contributed by atoms with Crippen molar-refractivity contribution in [1.29, 1.82) is 0 Å². The van der Waals surface area contributed by atoms with Crippen LogP contribution in [0.2, 0.25) is 0 Å². The molecule has 158 valence electrons. The molecule has 1 fully saturated rings. The van der Waals surface area contributed by atoms with Gasteiger partial charge >= 0.3 is 0 Å². The van der Waals surface area contributed by atoms with Crippen LogP contribution in [-0.4, -0.2) is 39.8 Å². The van der Waals surface area contributed by atoms with Gasteiger partial charge in [0.15, 0.2) is 10.7 Å². The predicted molar refractivity (Wildman–Crippen MR) is 120 cm³/mol. The first kappa shape index (κ1) is 21.0. The van der Waals surface area contributed by atoms with Crippen LogP contribution in [-0.2, 0) is 17.9 Å². The molecule has 2 aromatic carbocycles. The molecular formula is C24H28N2O3S. The fraction of sp³-hybridized carbons (Fsp3) is 0.375. The maximum absolute atomic E-state index is 13.0. The smallest absolute Gasteiger partial charge is 0.289 e. The first-order valence-electron chi connectivity index (χ1n) is 10.4. The van der Waals surface area contributed by atoms with Crippen molar-refractivity contribution in [3.63, 3.8) is 0 Å². The number of nitrogens with zero attached hydrogens (tertiary/aromatic N) is 2. The molecule has 6 heteroatoms. The molecule has 0 radical (unpaired) electrons. The van der Waals surface area contributed by atoms with Gasteiger partial charge in [-0.2, -0.15) is 0 Å². The summed E-state index contributed by atoms with van der Waals surface area (Å²) in [6, 6.07) is 15.5. The highest BCUT2D eigenvalue weighted by Gasteiger charge is 2.28. The lowest BCUT2D eigenvalue weighted by Gasteiger charge is -2.30. The number of rotatable bonds is 5. The number of carbonyl (C=O) groups excluding carboxylic acids is 1. The fourth-order valence-electron chi connectivity index (χ4n) is 3.91. The van der Waals surface area contributed by atoms with Crippen LogP contribution in [0.25, 0.3) is 11.0 Å². The molecule has 0 aliphatic carbocycles. The molecule has 1 unspecified atom stereocenters. The Morgan fingerprint density at radius 3 is 2.60 bits per heavy atom. The van der Waals surface area contributed by atoms with Crippen molar-refractivity contribution in [2.24, 2.45) is 5.92 Å². The second-order valence-electron chi connectivity index (χ2n) is 8.22. The number of furan rings is 1. The number of carbonyl (C=O) groups is 1. The zero-order valence-electron chi connectivity index (χ0n) is 17.8. The third-order valence-electron chi connectivity index (χ3n) is 5.89. The Kier molecular flexibility index (Phi) is 6.18. The highest BCUT2D eigenvalue weighted by atomic mass is 32.2. The SMILES string of the molecule is Cc1c(C(=O)N(C)Cc2ccccc2)oc2ccc([S+]([O-])N3CCC(C)CC3)cc12. The zero-order valence-corrected chi connectivity index (χ0v) is 18.6. The monoisotopic (exact) mass is 424 g/mol. The Morgan fingerprint density at radius 2 is 1.90 bits per heavy atom. The summed E-state index contributed by atoms with van der Waals surface area (Å²) >= 11 is -1.19. The van der Waals surface area contributed by atoms with Crippen molar-refractivity contribution < 1.29 is 13.8 Å². The average molecular weight is 425 g/mol. The minimum Gasteiger partial charge on any atom is -0.593 e. The van der Waals surface area contributed by atoms with Crippen molar-refractivity contribution in [3.8, 4) is 0 Å². The summed E-state index contributed by atoms with van der Waals surface area (Å²) in [4.78, 5) is 15.4. The molecule has 2 heterocycles. The summed E-state index contributed by atoms with van der Waals surface area (Å²) in [6.07, 6.45) is 2.15. The minimum atomic E-state index is -1.19. The lowest BCUT2D eigenvalue weighted by atomic mass is 10.0. The van der Waals surface area contributed by atoms with E-state index in [-0.39, 0.29) is 5.91 Å². The summed E-state index contributed by atoms with van der Waals surface area (Å²) in [5.41, 5.74) is 2.51. The van der Waals surface area contributed by atoms with Crippen LogP contribution < -0.4 is 0 Å². The molecule has 30 heavy (non-hydrogen) atoms. The number of piperidine rings is 1. The molecule has 0 saturated carbocycles. The van der Waals surface area contributed by atoms with Crippen LogP contribution >= 0.6 is 0 Å². The van der Waals surface area contributed by atoms with Gasteiger partial charge in [0, 0.05) is 43.7 Å². The van der Waals surface area contributed by atoms with E-state index >= 15 is 0 Å². The maximum Gasteiger partial charge on any atom is 0.289 e. The van der Waals surface area contributed by atoms with Crippen molar-refractivity contribution in [3.05, 3.63) is 65.4 Å². The van der Waals surface area contributed by atoms with Gasteiger partial charge in [-0.3, -0.25) is 4.79 Å². The van der Waals surface area contributed by atoms with Gasteiger partial charge in [0.05, 0.1) is 11.4 Å². The minimum absolute atomic E-state index is 0.153. The Bertz CT molecular complexity index is 1030. The standard InChI is InChI=1S/C24H28N2O3S/c1-17-11-13-26(14-12-17)30(28)20-9-10-22-21(15-20)18(2)23(29-22)24(27)25(3)16-19-7-5-4-6-8-19/h4-10,15,17H,11-14,16H2,1-3H3. The Hall–Kier alpha value is -2.28. The van der Waals surface area contributed by atoms with Crippen LogP contribution in [0, 0.1) is 12.8 Å². The molecule has 4 rings (SSSR count). The molecule has 0 bridgehead atoms. The van der Waals surface area contributed by atoms with Gasteiger partial charge in [-0.15, -0.1) is 4.31 Å². The van der Waals surface area contributed by atoms with Gasteiger partial charge in [0.1, 0.15) is 5.58 Å². The Morgan fingerprint density at radius 1 is 1.20 bits per heavy atom. The van der Waals surface area contributed by atoms with Gasteiger partial charge in [0.25, 0.3) is 5.91 Å². The van der Waals surface area contributed by atoms with Gasteiger partial charge in [0.2, 0.25) is 0 Å². The topological polar surface area (TPSA) is 59.8 Å². The molecule has 1 amide bonds. The molecule has 0 N–H and O–H groups in total. The number of benzene rings is 2. The van der Waals surface area contributed by atoms with Crippen molar-refractivity contribution in [2.75, 3.05) is 20.1 Å². The first-order chi connectivity index (χ1) is 14.4. The molecule has 1 saturated heterocycles. The second kappa shape index (κ2) is 8.84. The van der Waals surface area contributed by atoms with Crippen molar-refractivity contribution in [1.82, 2.24) is 9.21 Å². The highest BCUT2D eigenvalue weighted by molar-refractivity contribution is 7.89. The lowest BCUT2D eigenvalue weighted by Crippen LogP contribution is -2.37. The van der Waals surface area contributed by atoms with Crippen LogP contribution in [0.4, 0.5) is 0 Å². The zero-order chi connectivity index (χ0) is 21.3. The fourth-order valence-corrected chi connectivity index (χ4v) is 5.16. The normalized spacial score (nSPS) is 16.7. The van der Waals surface area contributed by atoms with Crippen LogP contribution in [0.5, 0.6) is 0 Å². The van der Waals surface area contributed by atoms with Crippen molar-refractivity contribution in [2.45, 2.75) is 38.1 Å². The molecule has 1 aliphatic rings. The van der Waals surface area contributed by atoms with E-state index in [9.17, 15) is 9.35 Å². The van der Waals surface area contributed by atoms with E-state index in [1.54, 1.807) is 11.9 Å². The summed E-state index contributed by atoms with van der Waals surface area (Å²) in [5, 5.41) is 0.850. The predicted octanol–water partition coefficient (Wildman–Crippen LogP) is 4.77. The van der Waals surface area contributed by atoms with Crippen LogP contribution in [0.3, 0.4) is 0 Å². The molecule has 1 aliphatic heterocycles. The molecule has 1 aromatic heterocycles. The van der Waals surface area contributed by atoms with Gasteiger partial charge in [-0.05, 0) is 43.4 Å². The first-order valence-corrected chi connectivity index (χ1v) is 11.5. The second-order valence-corrected chi connectivity index (χ2v) is 9.71. The largest absolute Gasteiger partial charge is 0.593 e. The highest BCUT2D eigenvalue weighted by Crippen LogP contribution is 2.31. The van der Waals surface area contributed by atoms with E-state index in [1.165, 1.54) is 0 Å². The molecular weight excluding hydrogens is 396 g/mol. The molecule has 5 nitrogen and oxygen atoms in total. The van der Waals surface area contributed by atoms with E-state index in [4.69, 9.17) is 4.42 Å². The van der Waals surface area contributed by atoms with Gasteiger partial charge in [-0.1, -0.05) is 37.3 Å². The number of amides is 1. The maximum atomic E-state index is 13.0. The van der Waals surface area contributed by atoms with Crippen molar-refractivity contribution >= 4 is 28.2 Å². The Labute approximate surface area is 181 Å². The summed E-state index contributed by atoms with van der Waals surface area (Å²) < 4.78 is 21.0. The number of hydrogen-bond donors (Lipinski definition) is 0. The van der Waals surface area contributed by atoms with Crippen LogP contribution in [0.15, 0.2) is 57.8 Å². The number of aryl methyl sites for hydroxylation is 1. The quantitative estimate of drug-likeness (QED) is 0.554. The summed E-state index contributed by atoms with van der Waals surface area (Å²) in [5.74, 6) is 0.886. The van der Waals surface area contributed by atoms with Gasteiger partial charge < -0.3 is 13.9 Å². The molecule has 0 spiro atoms. The third kappa shape index (κ3) is 4.26. The molecule has 1 atom stereocenters. The third-order valence-corrected chi connectivity index (χ3v) is 7.38. The van der Waals surface area contributed by atoms with Gasteiger partial charge in [-0.25, -0.2) is 0 Å². The summed E-state index contributed by atoms with van der Waals surface area (Å²) in [7, 11) is 1.78. The summed E-state index contributed by atoms with van der Waals surface area (Å²) in [6.45, 7) is 6.35. The van der Waals surface area contributed by atoms with E-state index < -0.39 is 11.4 Å². The van der Waals surface area contributed by atoms with E-state index in [1.807, 2.05) is 59.8 Å². The average Bonchev–Trinajstić information content (AvgIpc) is 3.09. The lowest BCUT2D eigenvalue weighted by molar-refractivity contribution is 0.0755. The van der Waals surface area contributed by atoms with Crippen LogP contribution in [0.1, 0.15) is 41.4 Å². The molecule has 3 aromatic rings. The Balaban J connectivity index is 1.55. The van der Waals surface area contributed by atoms with E-state index in [2.05, 4.69) is 6.92 Å². The van der Waals surface area contributed by atoms with E-state index in [0.717, 1.165) is 47.3 Å². The number of fused-ring (bicyclic) bond motifs is 1.